The number of anilines is 1. The fourth-order valence-corrected chi connectivity index (χ4v) is 3.50. The van der Waals surface area contributed by atoms with E-state index in [9.17, 15) is 13.6 Å². The van der Waals surface area contributed by atoms with Crippen LogP contribution in [0, 0.1) is 18.8 Å². The lowest BCUT2D eigenvalue weighted by molar-refractivity contribution is -0.0270. The predicted octanol–water partition coefficient (Wildman–Crippen LogP) is 3.04. The first-order chi connectivity index (χ1) is 15.3. The molecule has 0 spiro atoms. The summed E-state index contributed by atoms with van der Waals surface area (Å²) >= 11 is 0. The van der Waals surface area contributed by atoms with E-state index in [4.69, 9.17) is 14.0 Å². The molecular formula is C20H24F2N6O4. The van der Waals surface area contributed by atoms with Crippen molar-refractivity contribution in [2.75, 3.05) is 24.6 Å². The number of nitrogens with one attached hydrogen (secondary N) is 1. The number of rotatable bonds is 9. The van der Waals surface area contributed by atoms with Crippen molar-refractivity contribution in [2.24, 2.45) is 11.8 Å². The molecule has 1 amide bonds. The largest absolute Gasteiger partial charge is 0.475 e. The van der Waals surface area contributed by atoms with E-state index in [0.717, 1.165) is 25.7 Å². The molecule has 2 aliphatic carbocycles. The Labute approximate surface area is 182 Å². The van der Waals surface area contributed by atoms with Crippen LogP contribution in [0.3, 0.4) is 0 Å². The number of amides is 1. The summed E-state index contributed by atoms with van der Waals surface area (Å²) in [5, 5.41) is 6.66. The zero-order valence-corrected chi connectivity index (χ0v) is 17.6. The number of hydrogen-bond donors (Lipinski definition) is 1. The van der Waals surface area contributed by atoms with Crippen molar-refractivity contribution < 1.29 is 27.6 Å². The van der Waals surface area contributed by atoms with Crippen molar-refractivity contribution in [1.82, 2.24) is 25.4 Å². The van der Waals surface area contributed by atoms with Gasteiger partial charge in [-0.05, 0) is 31.1 Å². The molecule has 1 aliphatic heterocycles. The van der Waals surface area contributed by atoms with Gasteiger partial charge in [0.1, 0.15) is 0 Å². The van der Waals surface area contributed by atoms with Gasteiger partial charge in [-0.15, -0.1) is 0 Å². The smallest absolute Gasteiger partial charge is 0.414 e. The summed E-state index contributed by atoms with van der Waals surface area (Å²) in [6.45, 7) is 1.20. The van der Waals surface area contributed by atoms with Crippen molar-refractivity contribution in [3.8, 4) is 11.8 Å². The molecule has 3 fully saturated rings. The third-order valence-corrected chi connectivity index (χ3v) is 5.61. The van der Waals surface area contributed by atoms with Crippen LogP contribution in [0.4, 0.5) is 19.4 Å². The summed E-state index contributed by atoms with van der Waals surface area (Å²) in [7, 11) is 0. The number of carbonyl (C=O) groups excluding carboxylic acids is 1. The fraction of sp³-hybridized carbons (Fsp3) is 0.650. The Morgan fingerprint density at radius 2 is 2.03 bits per heavy atom. The van der Waals surface area contributed by atoms with E-state index in [1.807, 2.05) is 0 Å². The van der Waals surface area contributed by atoms with E-state index in [1.54, 1.807) is 6.92 Å². The molecule has 2 aromatic rings. The topological polar surface area (TPSA) is 116 Å². The second-order valence-corrected chi connectivity index (χ2v) is 8.74. The normalized spacial score (nSPS) is 20.4. The molecule has 1 atom stereocenters. The fourth-order valence-electron chi connectivity index (χ4n) is 3.50. The highest BCUT2D eigenvalue weighted by atomic mass is 19.3. The molecule has 3 heterocycles. The molecule has 5 rings (SSSR count). The number of halogens is 2. The summed E-state index contributed by atoms with van der Waals surface area (Å²) in [5.41, 5.74) is 0. The number of nitrogens with zero attached hydrogens (tertiary/aromatic N) is 5. The van der Waals surface area contributed by atoms with E-state index in [1.165, 1.54) is 11.1 Å². The van der Waals surface area contributed by atoms with Gasteiger partial charge in [0.05, 0.1) is 31.9 Å². The Bertz CT molecular complexity index is 986. The Morgan fingerprint density at radius 1 is 1.28 bits per heavy atom. The summed E-state index contributed by atoms with van der Waals surface area (Å²) in [4.78, 5) is 26.5. The molecule has 1 saturated heterocycles. The van der Waals surface area contributed by atoms with E-state index >= 15 is 0 Å². The van der Waals surface area contributed by atoms with Crippen molar-refractivity contribution in [3.63, 3.8) is 0 Å². The van der Waals surface area contributed by atoms with E-state index in [0.29, 0.717) is 36.6 Å². The SMILES string of the molecule is Cc1nc([C@H](CC2CC2)NC(=O)Oc2cnc(N3CC(F)(F)C3)c(OCC3CC3)n2)no1. The third-order valence-electron chi connectivity index (χ3n) is 5.61. The maximum Gasteiger partial charge on any atom is 0.414 e. The number of aryl methyl sites for hydroxylation is 1. The van der Waals surface area contributed by atoms with Gasteiger partial charge in [0.25, 0.3) is 11.8 Å². The molecule has 172 valence electrons. The van der Waals surface area contributed by atoms with Crippen LogP contribution in [0.15, 0.2) is 10.7 Å². The van der Waals surface area contributed by atoms with Crippen molar-refractivity contribution >= 4 is 11.9 Å². The highest BCUT2D eigenvalue weighted by Crippen LogP contribution is 2.38. The predicted molar refractivity (Wildman–Crippen MR) is 106 cm³/mol. The van der Waals surface area contributed by atoms with Crippen LogP contribution in [0.1, 0.15) is 49.9 Å². The zero-order valence-electron chi connectivity index (χ0n) is 17.6. The summed E-state index contributed by atoms with van der Waals surface area (Å²) < 4.78 is 42.7. The standard InChI is InChI=1S/C20H24F2N6O4/c1-11-24-16(27-32-11)14(6-12-2-3-12)25-19(29)31-15-7-23-17(28-9-20(21,22)10-28)18(26-15)30-8-13-4-5-13/h7,12-14H,2-6,8-10H2,1H3,(H,25,29)/t14-/m0/s1. The molecule has 12 heteroatoms. The second kappa shape index (κ2) is 8.14. The monoisotopic (exact) mass is 450 g/mol. The number of carbonyl (C=O) groups is 1. The molecule has 0 aromatic carbocycles. The van der Waals surface area contributed by atoms with Gasteiger partial charge >= 0.3 is 6.09 Å². The second-order valence-electron chi connectivity index (χ2n) is 8.74. The lowest BCUT2D eigenvalue weighted by Gasteiger charge is -2.39. The van der Waals surface area contributed by atoms with Crippen LogP contribution >= 0.6 is 0 Å². The molecular weight excluding hydrogens is 426 g/mol. The van der Waals surface area contributed by atoms with Gasteiger partial charge in [-0.2, -0.15) is 9.97 Å². The zero-order chi connectivity index (χ0) is 22.3. The first kappa shape index (κ1) is 20.8. The molecule has 0 radical (unpaired) electrons. The summed E-state index contributed by atoms with van der Waals surface area (Å²) in [5.74, 6) is -0.814. The van der Waals surface area contributed by atoms with Gasteiger partial charge in [-0.1, -0.05) is 18.0 Å². The Morgan fingerprint density at radius 3 is 2.66 bits per heavy atom. The highest BCUT2D eigenvalue weighted by Gasteiger charge is 2.46. The van der Waals surface area contributed by atoms with Gasteiger partial charge in [0.15, 0.2) is 11.6 Å². The number of alkyl halides is 2. The Hall–Kier alpha value is -3.05. The maximum absolute atomic E-state index is 13.3. The Balaban J connectivity index is 1.26. The van der Waals surface area contributed by atoms with Gasteiger partial charge in [0.2, 0.25) is 11.8 Å². The van der Waals surface area contributed by atoms with Crippen molar-refractivity contribution in [3.05, 3.63) is 17.9 Å². The average Bonchev–Trinajstić information content (AvgIpc) is 3.65. The lowest BCUT2D eigenvalue weighted by Crippen LogP contribution is -2.56. The summed E-state index contributed by atoms with van der Waals surface area (Å²) in [6, 6.07) is -0.450. The number of hydrogen-bond acceptors (Lipinski definition) is 9. The van der Waals surface area contributed by atoms with Crippen LogP contribution in [-0.4, -0.2) is 51.8 Å². The Kier molecular flexibility index (Phi) is 5.30. The van der Waals surface area contributed by atoms with Crippen LogP contribution in [0.25, 0.3) is 0 Å². The highest BCUT2D eigenvalue weighted by molar-refractivity contribution is 5.70. The molecule has 2 aromatic heterocycles. The van der Waals surface area contributed by atoms with Gasteiger partial charge in [0, 0.05) is 6.92 Å². The molecule has 0 bridgehead atoms. The van der Waals surface area contributed by atoms with Crippen LogP contribution in [0.5, 0.6) is 11.8 Å². The van der Waals surface area contributed by atoms with E-state index < -0.39 is 31.1 Å². The molecule has 2 saturated carbocycles. The maximum atomic E-state index is 13.3. The van der Waals surface area contributed by atoms with Gasteiger partial charge < -0.3 is 24.2 Å². The van der Waals surface area contributed by atoms with E-state index in [-0.39, 0.29) is 17.6 Å². The number of aromatic nitrogens is 4. The van der Waals surface area contributed by atoms with Gasteiger partial charge in [-0.25, -0.2) is 18.6 Å². The molecule has 1 N–H and O–H groups in total. The third kappa shape index (κ3) is 5.05. The molecule has 0 unspecified atom stereocenters. The van der Waals surface area contributed by atoms with Crippen molar-refractivity contribution in [2.45, 2.75) is 51.0 Å². The minimum atomic E-state index is -2.76. The minimum absolute atomic E-state index is 0.0843. The first-order valence-electron chi connectivity index (χ1n) is 10.8. The van der Waals surface area contributed by atoms with Crippen molar-refractivity contribution in [1.29, 1.82) is 0 Å². The summed E-state index contributed by atoms with van der Waals surface area (Å²) in [6.07, 6.45) is 5.45. The quantitative estimate of drug-likeness (QED) is 0.615. The van der Waals surface area contributed by atoms with E-state index in [2.05, 4.69) is 25.4 Å². The van der Waals surface area contributed by atoms with Crippen LogP contribution in [-0.2, 0) is 0 Å². The first-order valence-corrected chi connectivity index (χ1v) is 10.8. The molecule has 3 aliphatic rings. The average molecular weight is 450 g/mol. The molecule has 32 heavy (non-hydrogen) atoms. The van der Waals surface area contributed by atoms with Gasteiger partial charge in [-0.3, -0.25) is 0 Å². The number of ether oxygens (including phenoxy) is 2. The minimum Gasteiger partial charge on any atom is -0.475 e. The lowest BCUT2D eigenvalue weighted by atomic mass is 10.1. The molecule has 10 nitrogen and oxygen atoms in total. The van der Waals surface area contributed by atoms with Crippen LogP contribution < -0.4 is 19.7 Å². The van der Waals surface area contributed by atoms with Crippen LogP contribution in [0.2, 0.25) is 0 Å².